The summed E-state index contributed by atoms with van der Waals surface area (Å²) in [6, 6.07) is 15.7. The predicted molar refractivity (Wildman–Crippen MR) is 103 cm³/mol. The molecule has 10 heteroatoms. The maximum absolute atomic E-state index is 12.8. The topological polar surface area (TPSA) is 110 Å². The molecule has 1 aliphatic rings. The van der Waals surface area contributed by atoms with Crippen LogP contribution in [0.15, 0.2) is 54.6 Å². The van der Waals surface area contributed by atoms with Gasteiger partial charge in [0.1, 0.15) is 5.56 Å². The number of hydrogen-bond acceptors (Lipinski definition) is 7. The summed E-state index contributed by atoms with van der Waals surface area (Å²) in [6.45, 7) is 2.78. The summed E-state index contributed by atoms with van der Waals surface area (Å²) < 4.78 is 1.70. The maximum Gasteiger partial charge on any atom is 0.282 e. The van der Waals surface area contributed by atoms with Gasteiger partial charge in [0.25, 0.3) is 11.6 Å². The first kappa shape index (κ1) is 18.7. The van der Waals surface area contributed by atoms with Crippen LogP contribution in [0, 0.1) is 10.1 Å². The Kier molecular flexibility index (Phi) is 5.25. The van der Waals surface area contributed by atoms with E-state index in [9.17, 15) is 14.9 Å². The molecule has 0 N–H and O–H groups in total. The van der Waals surface area contributed by atoms with E-state index in [0.29, 0.717) is 32.7 Å². The number of rotatable bonds is 5. The van der Waals surface area contributed by atoms with Crippen LogP contribution in [0.2, 0.25) is 0 Å². The second-order valence-corrected chi connectivity index (χ2v) is 6.69. The van der Waals surface area contributed by atoms with Gasteiger partial charge >= 0.3 is 0 Å². The van der Waals surface area contributed by atoms with E-state index in [1.807, 2.05) is 30.3 Å². The van der Waals surface area contributed by atoms with E-state index in [1.54, 1.807) is 21.7 Å². The van der Waals surface area contributed by atoms with Crippen molar-refractivity contribution in [2.24, 2.45) is 0 Å². The Labute approximate surface area is 166 Å². The third kappa shape index (κ3) is 3.97. The Morgan fingerprint density at radius 1 is 1.00 bits per heavy atom. The van der Waals surface area contributed by atoms with Crippen LogP contribution in [-0.2, 0) is 6.54 Å². The summed E-state index contributed by atoms with van der Waals surface area (Å²) in [4.78, 5) is 27.2. The van der Waals surface area contributed by atoms with Crippen LogP contribution >= 0.6 is 0 Å². The van der Waals surface area contributed by atoms with Gasteiger partial charge in [0.15, 0.2) is 5.82 Å². The number of nitrogens with zero attached hydrogens (tertiary/aromatic N) is 7. The van der Waals surface area contributed by atoms with Gasteiger partial charge in [-0.05, 0) is 28.6 Å². The van der Waals surface area contributed by atoms with Crippen molar-refractivity contribution in [2.75, 3.05) is 26.2 Å². The molecule has 0 saturated carbocycles. The molecule has 148 valence electrons. The summed E-state index contributed by atoms with van der Waals surface area (Å²) in [5, 5.41) is 23.2. The minimum absolute atomic E-state index is 0.124. The SMILES string of the molecule is O=C(c1ccccc1[N+](=O)[O-])N1CCN(Cc2nnnn2-c2ccccc2)CC1. The maximum atomic E-state index is 12.8. The van der Waals surface area contributed by atoms with E-state index < -0.39 is 4.92 Å². The fourth-order valence-corrected chi connectivity index (χ4v) is 3.37. The van der Waals surface area contributed by atoms with Gasteiger partial charge in [0.2, 0.25) is 0 Å². The van der Waals surface area contributed by atoms with Crippen molar-refractivity contribution in [3.8, 4) is 5.69 Å². The van der Waals surface area contributed by atoms with Gasteiger partial charge in [-0.15, -0.1) is 5.10 Å². The Balaban J connectivity index is 1.41. The number of piperazine rings is 1. The van der Waals surface area contributed by atoms with Crippen LogP contribution in [0.1, 0.15) is 16.2 Å². The zero-order valence-corrected chi connectivity index (χ0v) is 15.6. The number of carbonyl (C=O) groups is 1. The molecule has 1 fully saturated rings. The van der Waals surface area contributed by atoms with Gasteiger partial charge < -0.3 is 4.90 Å². The minimum atomic E-state index is -0.521. The third-order valence-corrected chi connectivity index (χ3v) is 4.89. The van der Waals surface area contributed by atoms with Gasteiger partial charge in [0, 0.05) is 32.2 Å². The molecule has 10 nitrogen and oxygen atoms in total. The molecule has 0 aliphatic carbocycles. The normalized spacial score (nSPS) is 14.7. The summed E-state index contributed by atoms with van der Waals surface area (Å²) >= 11 is 0. The molecule has 0 atom stereocenters. The first-order valence-electron chi connectivity index (χ1n) is 9.21. The molecule has 1 amide bonds. The molecule has 3 aromatic rings. The molecule has 0 bridgehead atoms. The lowest BCUT2D eigenvalue weighted by Gasteiger charge is -2.34. The van der Waals surface area contributed by atoms with Crippen molar-refractivity contribution >= 4 is 11.6 Å². The molecule has 0 unspecified atom stereocenters. The Hall–Kier alpha value is -3.66. The fourth-order valence-electron chi connectivity index (χ4n) is 3.37. The molecule has 1 saturated heterocycles. The zero-order valence-electron chi connectivity index (χ0n) is 15.6. The Morgan fingerprint density at radius 3 is 2.41 bits per heavy atom. The number of nitro groups is 1. The highest BCUT2D eigenvalue weighted by atomic mass is 16.6. The minimum Gasteiger partial charge on any atom is -0.336 e. The highest BCUT2D eigenvalue weighted by Gasteiger charge is 2.27. The summed E-state index contributed by atoms with van der Waals surface area (Å²) in [7, 11) is 0. The lowest BCUT2D eigenvalue weighted by atomic mass is 10.1. The standard InChI is InChI=1S/C19H19N7O3/c27-19(16-8-4-5-9-17(16)26(28)29)24-12-10-23(11-13-24)14-18-20-21-22-25(18)15-6-2-1-3-7-15/h1-9H,10-14H2. The fraction of sp³-hybridized carbons (Fsp3) is 0.263. The van der Waals surface area contributed by atoms with Crippen molar-refractivity contribution in [2.45, 2.75) is 6.54 Å². The number of amides is 1. The van der Waals surface area contributed by atoms with Gasteiger partial charge in [-0.2, -0.15) is 4.68 Å². The van der Waals surface area contributed by atoms with Crippen molar-refractivity contribution < 1.29 is 9.72 Å². The van der Waals surface area contributed by atoms with Crippen LogP contribution in [0.4, 0.5) is 5.69 Å². The van der Waals surface area contributed by atoms with Gasteiger partial charge in [-0.1, -0.05) is 30.3 Å². The molecule has 1 aliphatic heterocycles. The van der Waals surface area contributed by atoms with Crippen LogP contribution in [-0.4, -0.2) is 67.0 Å². The average Bonchev–Trinajstić information content (AvgIpc) is 3.22. The van der Waals surface area contributed by atoms with E-state index in [0.717, 1.165) is 11.5 Å². The molecule has 1 aromatic heterocycles. The van der Waals surface area contributed by atoms with E-state index in [1.165, 1.54) is 12.1 Å². The number of para-hydroxylation sites is 2. The zero-order chi connectivity index (χ0) is 20.2. The van der Waals surface area contributed by atoms with Crippen LogP contribution < -0.4 is 0 Å². The van der Waals surface area contributed by atoms with Gasteiger partial charge in [-0.25, -0.2) is 0 Å². The number of benzene rings is 2. The molecule has 2 aromatic carbocycles. The molecule has 2 heterocycles. The van der Waals surface area contributed by atoms with Crippen LogP contribution in [0.3, 0.4) is 0 Å². The molecule has 29 heavy (non-hydrogen) atoms. The number of aromatic nitrogens is 4. The lowest BCUT2D eigenvalue weighted by molar-refractivity contribution is -0.385. The summed E-state index contributed by atoms with van der Waals surface area (Å²) in [5.74, 6) is 0.403. The average molecular weight is 393 g/mol. The smallest absolute Gasteiger partial charge is 0.282 e. The first-order chi connectivity index (χ1) is 14.1. The predicted octanol–water partition coefficient (Wildman–Crippen LogP) is 1.53. The van der Waals surface area contributed by atoms with E-state index >= 15 is 0 Å². The molecule has 0 radical (unpaired) electrons. The highest BCUT2D eigenvalue weighted by Crippen LogP contribution is 2.20. The number of hydrogen-bond donors (Lipinski definition) is 0. The van der Waals surface area contributed by atoms with Crippen molar-refractivity contribution in [1.29, 1.82) is 0 Å². The highest BCUT2D eigenvalue weighted by molar-refractivity contribution is 5.98. The van der Waals surface area contributed by atoms with Crippen molar-refractivity contribution in [3.63, 3.8) is 0 Å². The number of tetrazole rings is 1. The Bertz CT molecular complexity index is 1010. The van der Waals surface area contributed by atoms with E-state index in [-0.39, 0.29) is 17.2 Å². The largest absolute Gasteiger partial charge is 0.336 e. The second kappa shape index (κ2) is 8.15. The number of carbonyl (C=O) groups excluding carboxylic acids is 1. The molecular weight excluding hydrogens is 374 g/mol. The lowest BCUT2D eigenvalue weighted by Crippen LogP contribution is -2.48. The van der Waals surface area contributed by atoms with Crippen molar-refractivity contribution in [1.82, 2.24) is 30.0 Å². The van der Waals surface area contributed by atoms with Gasteiger partial charge in [0.05, 0.1) is 17.2 Å². The first-order valence-corrected chi connectivity index (χ1v) is 9.21. The number of nitro benzene ring substituents is 1. The second-order valence-electron chi connectivity index (χ2n) is 6.69. The van der Waals surface area contributed by atoms with Crippen LogP contribution in [0.25, 0.3) is 5.69 Å². The third-order valence-electron chi connectivity index (χ3n) is 4.89. The van der Waals surface area contributed by atoms with Gasteiger partial charge in [-0.3, -0.25) is 19.8 Å². The quantitative estimate of drug-likeness (QED) is 0.477. The van der Waals surface area contributed by atoms with E-state index in [4.69, 9.17) is 0 Å². The van der Waals surface area contributed by atoms with Crippen molar-refractivity contribution in [3.05, 3.63) is 76.1 Å². The summed E-state index contributed by atoms with van der Waals surface area (Å²) in [6.07, 6.45) is 0. The molecular formula is C19H19N7O3. The molecule has 0 spiro atoms. The van der Waals surface area contributed by atoms with E-state index in [2.05, 4.69) is 20.4 Å². The van der Waals surface area contributed by atoms with Crippen LogP contribution in [0.5, 0.6) is 0 Å². The molecule has 4 rings (SSSR count). The Morgan fingerprint density at radius 2 is 1.69 bits per heavy atom. The monoisotopic (exact) mass is 393 g/mol. The summed E-state index contributed by atoms with van der Waals surface area (Å²) in [5.41, 5.74) is 0.846.